The number of aromatic hydroxyl groups is 1. The lowest BCUT2D eigenvalue weighted by molar-refractivity contribution is 0.102. The molecule has 1 aliphatic rings. The molecule has 0 aromatic heterocycles. The summed E-state index contributed by atoms with van der Waals surface area (Å²) >= 11 is 5.61. The predicted molar refractivity (Wildman–Crippen MR) is 120 cm³/mol. The van der Waals surface area contributed by atoms with Crippen molar-refractivity contribution in [2.45, 2.75) is 26.3 Å². The smallest absolute Gasteiger partial charge is 0.200 e. The minimum absolute atomic E-state index is 0.0831. The van der Waals surface area contributed by atoms with E-state index in [1.807, 2.05) is 30.0 Å². The first-order chi connectivity index (χ1) is 14.4. The molecule has 0 aliphatic carbocycles. The first-order valence-corrected chi connectivity index (χ1v) is 10.2. The zero-order valence-corrected chi connectivity index (χ0v) is 18.4. The van der Waals surface area contributed by atoms with Gasteiger partial charge >= 0.3 is 0 Å². The first-order valence-electron chi connectivity index (χ1n) is 9.76. The molecule has 1 unspecified atom stereocenters. The third kappa shape index (κ3) is 3.98. The number of phenolic OH excluding ortho intramolecular Hbond substituents is 1. The Kier molecular flexibility index (Phi) is 6.62. The fourth-order valence-corrected chi connectivity index (χ4v) is 3.99. The summed E-state index contributed by atoms with van der Waals surface area (Å²) in [5, 5.41) is 14.2. The molecule has 0 radical (unpaired) electrons. The standard InChI is InChI=1S/C23H26N2O4S/c1-5-11-25-14(2)19(21(26)15-9-7-6-8-10-15)20(24-23(25)30)16-12-17(28-3)22(27)18(13-16)29-4/h6-10,12-13,20,27H,5,11H2,1-4H3,(H,24,30). The van der Waals surface area contributed by atoms with Crippen LogP contribution in [-0.4, -0.2) is 41.7 Å². The molecule has 158 valence electrons. The molecule has 6 nitrogen and oxygen atoms in total. The highest BCUT2D eigenvalue weighted by molar-refractivity contribution is 7.80. The van der Waals surface area contributed by atoms with E-state index < -0.39 is 6.04 Å². The Labute approximate surface area is 182 Å². The number of nitrogens with zero attached hydrogens (tertiary/aromatic N) is 1. The van der Waals surface area contributed by atoms with Crippen LogP contribution in [0.25, 0.3) is 0 Å². The molecule has 3 rings (SSSR count). The van der Waals surface area contributed by atoms with Gasteiger partial charge in [-0.05, 0) is 43.3 Å². The topological polar surface area (TPSA) is 71.0 Å². The number of hydrogen-bond acceptors (Lipinski definition) is 5. The number of rotatable bonds is 7. The van der Waals surface area contributed by atoms with Gasteiger partial charge in [-0.2, -0.15) is 0 Å². The van der Waals surface area contributed by atoms with Gasteiger partial charge < -0.3 is 24.8 Å². The molecule has 0 saturated heterocycles. The minimum Gasteiger partial charge on any atom is -0.502 e. The normalized spacial score (nSPS) is 16.3. The van der Waals surface area contributed by atoms with Crippen LogP contribution in [0, 0.1) is 0 Å². The summed E-state index contributed by atoms with van der Waals surface area (Å²) in [5.41, 5.74) is 2.71. The van der Waals surface area contributed by atoms with Crippen molar-refractivity contribution in [3.05, 3.63) is 64.9 Å². The molecule has 7 heteroatoms. The van der Waals surface area contributed by atoms with Crippen molar-refractivity contribution >= 4 is 23.1 Å². The van der Waals surface area contributed by atoms with E-state index >= 15 is 0 Å². The number of methoxy groups -OCH3 is 2. The molecular formula is C23H26N2O4S. The van der Waals surface area contributed by atoms with Crippen LogP contribution in [0.15, 0.2) is 53.7 Å². The molecular weight excluding hydrogens is 400 g/mol. The number of ether oxygens (including phenoxy) is 2. The molecule has 30 heavy (non-hydrogen) atoms. The predicted octanol–water partition coefficient (Wildman–Crippen LogP) is 4.21. The van der Waals surface area contributed by atoms with Crippen LogP contribution in [0.2, 0.25) is 0 Å². The summed E-state index contributed by atoms with van der Waals surface area (Å²) in [6.07, 6.45) is 0.886. The van der Waals surface area contributed by atoms with Gasteiger partial charge in [0.15, 0.2) is 22.4 Å². The van der Waals surface area contributed by atoms with Crippen molar-refractivity contribution in [3.63, 3.8) is 0 Å². The van der Waals surface area contributed by atoms with E-state index in [9.17, 15) is 9.90 Å². The molecule has 1 heterocycles. The summed E-state index contributed by atoms with van der Waals surface area (Å²) in [4.78, 5) is 15.5. The lowest BCUT2D eigenvalue weighted by Crippen LogP contribution is -2.47. The highest BCUT2D eigenvalue weighted by atomic mass is 32.1. The molecule has 1 aliphatic heterocycles. The quantitative estimate of drug-likeness (QED) is 0.508. The van der Waals surface area contributed by atoms with Gasteiger partial charge in [-0.3, -0.25) is 4.79 Å². The number of nitrogens with one attached hydrogen (secondary N) is 1. The van der Waals surface area contributed by atoms with E-state index in [0.29, 0.717) is 28.4 Å². The van der Waals surface area contributed by atoms with Gasteiger partial charge in [0, 0.05) is 23.4 Å². The average molecular weight is 427 g/mol. The van der Waals surface area contributed by atoms with Gasteiger partial charge in [0.25, 0.3) is 0 Å². The number of phenols is 1. The van der Waals surface area contributed by atoms with E-state index in [1.165, 1.54) is 14.2 Å². The summed E-state index contributed by atoms with van der Waals surface area (Å²) in [6, 6.07) is 12.0. The second kappa shape index (κ2) is 9.17. The SMILES string of the molecule is CCCN1C(=S)NC(c2cc(OC)c(O)c(OC)c2)C(C(=O)c2ccccc2)=C1C. The van der Waals surface area contributed by atoms with Crippen LogP contribution in [0.1, 0.15) is 42.2 Å². The van der Waals surface area contributed by atoms with Gasteiger partial charge in [0.05, 0.1) is 20.3 Å². The van der Waals surface area contributed by atoms with Crippen molar-refractivity contribution in [2.75, 3.05) is 20.8 Å². The maximum Gasteiger partial charge on any atom is 0.200 e. The van der Waals surface area contributed by atoms with Crippen molar-refractivity contribution in [1.29, 1.82) is 0 Å². The van der Waals surface area contributed by atoms with Crippen molar-refractivity contribution in [1.82, 2.24) is 10.2 Å². The molecule has 0 amide bonds. The Morgan fingerprint density at radius 3 is 2.30 bits per heavy atom. The number of thiocarbonyl (C=S) groups is 1. The largest absolute Gasteiger partial charge is 0.502 e. The van der Waals surface area contributed by atoms with E-state index in [0.717, 1.165) is 12.1 Å². The fraction of sp³-hybridized carbons (Fsp3) is 0.304. The third-order valence-corrected chi connectivity index (χ3v) is 5.50. The Morgan fingerprint density at radius 1 is 1.17 bits per heavy atom. The molecule has 0 fully saturated rings. The molecule has 2 aromatic rings. The van der Waals surface area contributed by atoms with Crippen LogP contribution in [0.5, 0.6) is 17.2 Å². The zero-order valence-electron chi connectivity index (χ0n) is 17.6. The maximum atomic E-state index is 13.5. The molecule has 2 aromatic carbocycles. The third-order valence-electron chi connectivity index (χ3n) is 5.16. The van der Waals surface area contributed by atoms with E-state index in [-0.39, 0.29) is 23.0 Å². The van der Waals surface area contributed by atoms with Crippen LogP contribution in [0.3, 0.4) is 0 Å². The molecule has 0 bridgehead atoms. The summed E-state index contributed by atoms with van der Waals surface area (Å²) in [7, 11) is 2.94. The summed E-state index contributed by atoms with van der Waals surface area (Å²) < 4.78 is 10.6. The Morgan fingerprint density at radius 2 is 1.77 bits per heavy atom. The highest BCUT2D eigenvalue weighted by Gasteiger charge is 2.34. The van der Waals surface area contributed by atoms with E-state index in [1.54, 1.807) is 24.3 Å². The second-order valence-corrected chi connectivity index (χ2v) is 7.39. The van der Waals surface area contributed by atoms with Crippen molar-refractivity contribution < 1.29 is 19.4 Å². The summed E-state index contributed by atoms with van der Waals surface area (Å²) in [6.45, 7) is 4.69. The highest BCUT2D eigenvalue weighted by Crippen LogP contribution is 2.42. The van der Waals surface area contributed by atoms with Crippen LogP contribution < -0.4 is 14.8 Å². The number of carbonyl (C=O) groups is 1. The number of hydrogen-bond donors (Lipinski definition) is 2. The number of benzene rings is 2. The summed E-state index contributed by atoms with van der Waals surface area (Å²) in [5.74, 6) is 0.348. The Balaban J connectivity index is 2.19. The first kappa shape index (κ1) is 21.6. The zero-order chi connectivity index (χ0) is 21.8. The van der Waals surface area contributed by atoms with Gasteiger partial charge in [-0.15, -0.1) is 0 Å². The maximum absolute atomic E-state index is 13.5. The van der Waals surface area contributed by atoms with Gasteiger partial charge in [-0.1, -0.05) is 37.3 Å². The van der Waals surface area contributed by atoms with Crippen LogP contribution in [-0.2, 0) is 0 Å². The number of ketones is 1. The van der Waals surface area contributed by atoms with Gasteiger partial charge in [0.2, 0.25) is 5.75 Å². The fourth-order valence-electron chi connectivity index (χ4n) is 3.64. The second-order valence-electron chi connectivity index (χ2n) is 7.00. The van der Waals surface area contributed by atoms with E-state index in [2.05, 4.69) is 12.2 Å². The van der Waals surface area contributed by atoms with Crippen LogP contribution >= 0.6 is 12.2 Å². The van der Waals surface area contributed by atoms with E-state index in [4.69, 9.17) is 21.7 Å². The molecule has 0 spiro atoms. The lowest BCUT2D eigenvalue weighted by Gasteiger charge is -2.38. The van der Waals surface area contributed by atoms with Crippen molar-refractivity contribution in [2.24, 2.45) is 0 Å². The number of Topliss-reactive ketones (excluding diaryl/α,β-unsaturated/α-hetero) is 1. The minimum atomic E-state index is -0.512. The molecule has 1 atom stereocenters. The van der Waals surface area contributed by atoms with Crippen molar-refractivity contribution in [3.8, 4) is 17.2 Å². The monoisotopic (exact) mass is 426 g/mol. The molecule has 0 saturated carbocycles. The van der Waals surface area contributed by atoms with Crippen LogP contribution in [0.4, 0.5) is 0 Å². The lowest BCUT2D eigenvalue weighted by atomic mass is 9.89. The number of carbonyl (C=O) groups excluding carboxylic acids is 1. The Hall–Kier alpha value is -3.06. The number of allylic oxidation sites excluding steroid dienone is 1. The Bertz CT molecular complexity index is 963. The molecule has 2 N–H and O–H groups in total. The average Bonchev–Trinajstić information content (AvgIpc) is 2.76. The van der Waals surface area contributed by atoms with Gasteiger partial charge in [-0.25, -0.2) is 0 Å². The van der Waals surface area contributed by atoms with Gasteiger partial charge in [0.1, 0.15) is 0 Å².